The van der Waals surface area contributed by atoms with Gasteiger partial charge in [0.1, 0.15) is 4.60 Å². The summed E-state index contributed by atoms with van der Waals surface area (Å²) in [7, 11) is 0. The Hall–Kier alpha value is -1.26. The Balaban J connectivity index is 0.000000181. The van der Waals surface area contributed by atoms with Gasteiger partial charge in [-0.2, -0.15) is 0 Å². The molecule has 2 aromatic heterocycles. The summed E-state index contributed by atoms with van der Waals surface area (Å²) in [5, 5.41) is 8.97. The lowest BCUT2D eigenvalue weighted by molar-refractivity contribution is 0.194. The third-order valence-corrected chi connectivity index (χ3v) is 2.33. The third kappa shape index (κ3) is 6.81. The second-order valence-corrected chi connectivity index (χ2v) is 4.34. The monoisotopic (exact) mass is 294 g/mol. The van der Waals surface area contributed by atoms with Gasteiger partial charge in [0.05, 0.1) is 6.10 Å². The van der Waals surface area contributed by atoms with Crippen molar-refractivity contribution in [2.45, 2.75) is 19.4 Å². The van der Waals surface area contributed by atoms with Gasteiger partial charge in [0.25, 0.3) is 0 Å². The number of rotatable bonds is 2. The molecule has 1 N–H and O–H groups in total. The minimum absolute atomic E-state index is 0.296. The number of aromatic nitrogens is 2. The van der Waals surface area contributed by atoms with E-state index in [1.165, 1.54) is 0 Å². The van der Waals surface area contributed by atoms with Crippen LogP contribution in [0.2, 0.25) is 0 Å². The molecule has 0 unspecified atom stereocenters. The van der Waals surface area contributed by atoms with Crippen LogP contribution in [0.3, 0.4) is 0 Å². The van der Waals surface area contributed by atoms with Crippen LogP contribution in [0.15, 0.2) is 53.4 Å². The predicted octanol–water partition coefficient (Wildman–Crippen LogP) is 2.85. The number of aliphatic hydroxyl groups is 1. The molecule has 0 aliphatic rings. The van der Waals surface area contributed by atoms with E-state index in [9.17, 15) is 0 Å². The van der Waals surface area contributed by atoms with Crippen molar-refractivity contribution in [2.75, 3.05) is 0 Å². The lowest BCUT2D eigenvalue weighted by atomic mass is 10.2. The first-order valence-corrected chi connectivity index (χ1v) is 6.12. The first kappa shape index (κ1) is 13.8. The largest absolute Gasteiger partial charge is 0.393 e. The van der Waals surface area contributed by atoms with Gasteiger partial charge in [-0.1, -0.05) is 12.1 Å². The van der Waals surface area contributed by atoms with E-state index in [1.54, 1.807) is 19.3 Å². The van der Waals surface area contributed by atoms with Crippen molar-refractivity contribution in [3.63, 3.8) is 0 Å². The lowest BCUT2D eigenvalue weighted by Gasteiger charge is -2.00. The molecule has 0 aliphatic heterocycles. The van der Waals surface area contributed by atoms with Crippen molar-refractivity contribution in [3.8, 4) is 0 Å². The SMILES string of the molecule is Brc1ccccn1.C[C@H](O)Cc1ccccn1. The van der Waals surface area contributed by atoms with Gasteiger partial charge in [0, 0.05) is 24.5 Å². The molecule has 17 heavy (non-hydrogen) atoms. The van der Waals surface area contributed by atoms with Crippen molar-refractivity contribution in [3.05, 3.63) is 59.1 Å². The molecule has 3 nitrogen and oxygen atoms in total. The molecule has 2 aromatic rings. The minimum atomic E-state index is -0.296. The van der Waals surface area contributed by atoms with E-state index in [0.717, 1.165) is 10.3 Å². The van der Waals surface area contributed by atoms with Gasteiger partial charge in [0.15, 0.2) is 0 Å². The van der Waals surface area contributed by atoms with Crippen LogP contribution in [0.25, 0.3) is 0 Å². The maximum Gasteiger partial charge on any atom is 0.106 e. The highest BCUT2D eigenvalue weighted by molar-refractivity contribution is 9.10. The molecule has 2 rings (SSSR count). The van der Waals surface area contributed by atoms with E-state index in [-0.39, 0.29) is 6.10 Å². The summed E-state index contributed by atoms with van der Waals surface area (Å²) in [5.41, 5.74) is 0.942. The first-order chi connectivity index (χ1) is 8.18. The molecular formula is C13H15BrN2O. The number of aliphatic hydroxyl groups excluding tert-OH is 1. The summed E-state index contributed by atoms with van der Waals surface area (Å²) in [6.07, 6.45) is 3.82. The molecule has 0 amide bonds. The zero-order chi connectivity index (χ0) is 12.5. The van der Waals surface area contributed by atoms with Crippen LogP contribution >= 0.6 is 15.9 Å². The number of nitrogens with zero attached hydrogens (tertiary/aromatic N) is 2. The standard InChI is InChI=1S/C8H11NO.C5H4BrN/c1-7(10)6-8-4-2-3-5-9-8;6-5-3-1-2-4-7-5/h2-5,7,10H,6H2,1H3;1-4H/t7-;/m0./s1. The molecule has 0 radical (unpaired) electrons. The second-order valence-electron chi connectivity index (χ2n) is 3.53. The van der Waals surface area contributed by atoms with Crippen LogP contribution in [0.5, 0.6) is 0 Å². The van der Waals surface area contributed by atoms with Gasteiger partial charge in [-0.05, 0) is 47.1 Å². The summed E-state index contributed by atoms with van der Waals surface area (Å²) in [5.74, 6) is 0. The fraction of sp³-hybridized carbons (Fsp3) is 0.231. The Bertz CT molecular complexity index is 406. The topological polar surface area (TPSA) is 46.0 Å². The Morgan fingerprint density at radius 2 is 1.76 bits per heavy atom. The van der Waals surface area contributed by atoms with Crippen molar-refractivity contribution in [1.82, 2.24) is 9.97 Å². The van der Waals surface area contributed by atoms with E-state index >= 15 is 0 Å². The van der Waals surface area contributed by atoms with Crippen molar-refractivity contribution >= 4 is 15.9 Å². The average Bonchev–Trinajstić information content (AvgIpc) is 2.31. The van der Waals surface area contributed by atoms with Crippen LogP contribution in [-0.4, -0.2) is 21.2 Å². The van der Waals surface area contributed by atoms with E-state index < -0.39 is 0 Å². The van der Waals surface area contributed by atoms with Gasteiger partial charge in [-0.3, -0.25) is 4.98 Å². The van der Waals surface area contributed by atoms with E-state index in [4.69, 9.17) is 5.11 Å². The third-order valence-electron chi connectivity index (χ3n) is 1.86. The fourth-order valence-electron chi connectivity index (χ4n) is 1.16. The Kier molecular flexibility index (Phi) is 6.43. The van der Waals surface area contributed by atoms with Gasteiger partial charge in [-0.25, -0.2) is 4.98 Å². The van der Waals surface area contributed by atoms with Crippen molar-refractivity contribution in [2.24, 2.45) is 0 Å². The minimum Gasteiger partial charge on any atom is -0.393 e. The van der Waals surface area contributed by atoms with E-state index in [1.807, 2.05) is 36.4 Å². The summed E-state index contributed by atoms with van der Waals surface area (Å²) in [6, 6.07) is 11.4. The van der Waals surface area contributed by atoms with Crippen LogP contribution in [-0.2, 0) is 6.42 Å². The maximum absolute atomic E-state index is 8.97. The zero-order valence-electron chi connectivity index (χ0n) is 9.62. The smallest absolute Gasteiger partial charge is 0.106 e. The number of hydrogen-bond donors (Lipinski definition) is 1. The van der Waals surface area contributed by atoms with Gasteiger partial charge >= 0.3 is 0 Å². The Morgan fingerprint density at radius 3 is 2.12 bits per heavy atom. The van der Waals surface area contributed by atoms with Gasteiger partial charge in [-0.15, -0.1) is 0 Å². The highest BCUT2D eigenvalue weighted by Crippen LogP contribution is 2.00. The molecule has 0 saturated carbocycles. The number of pyridine rings is 2. The van der Waals surface area contributed by atoms with Gasteiger partial charge in [0.2, 0.25) is 0 Å². The molecular weight excluding hydrogens is 280 g/mol. The van der Waals surface area contributed by atoms with Crippen molar-refractivity contribution < 1.29 is 5.11 Å². The van der Waals surface area contributed by atoms with Crippen LogP contribution in [0.4, 0.5) is 0 Å². The molecule has 4 heteroatoms. The fourth-order valence-corrected chi connectivity index (χ4v) is 1.43. The molecule has 1 atom stereocenters. The molecule has 0 fully saturated rings. The van der Waals surface area contributed by atoms with E-state index in [2.05, 4.69) is 25.9 Å². The van der Waals surface area contributed by atoms with Crippen molar-refractivity contribution in [1.29, 1.82) is 0 Å². The normalized spacial score (nSPS) is 11.2. The maximum atomic E-state index is 8.97. The number of hydrogen-bond acceptors (Lipinski definition) is 3. The van der Waals surface area contributed by atoms with Crippen LogP contribution < -0.4 is 0 Å². The molecule has 2 heterocycles. The molecule has 0 aliphatic carbocycles. The lowest BCUT2D eigenvalue weighted by Crippen LogP contribution is -2.05. The first-order valence-electron chi connectivity index (χ1n) is 5.33. The van der Waals surface area contributed by atoms with E-state index in [0.29, 0.717) is 6.42 Å². The zero-order valence-corrected chi connectivity index (χ0v) is 11.2. The molecule has 0 spiro atoms. The highest BCUT2D eigenvalue weighted by Gasteiger charge is 1.97. The Labute approximate surface area is 110 Å². The predicted molar refractivity (Wildman–Crippen MR) is 71.6 cm³/mol. The summed E-state index contributed by atoms with van der Waals surface area (Å²) in [4.78, 5) is 7.95. The molecule has 90 valence electrons. The average molecular weight is 295 g/mol. The summed E-state index contributed by atoms with van der Waals surface area (Å²) >= 11 is 3.20. The summed E-state index contributed by atoms with van der Waals surface area (Å²) < 4.78 is 0.884. The highest BCUT2D eigenvalue weighted by atomic mass is 79.9. The molecule has 0 aromatic carbocycles. The number of halogens is 1. The molecule has 0 bridgehead atoms. The molecule has 0 saturated heterocycles. The Morgan fingerprint density at radius 1 is 1.12 bits per heavy atom. The quantitative estimate of drug-likeness (QED) is 0.867. The summed E-state index contributed by atoms with van der Waals surface area (Å²) in [6.45, 7) is 1.76. The van der Waals surface area contributed by atoms with Crippen LogP contribution in [0.1, 0.15) is 12.6 Å². The van der Waals surface area contributed by atoms with Gasteiger partial charge < -0.3 is 5.11 Å². The second kappa shape index (κ2) is 7.92. The van der Waals surface area contributed by atoms with Crippen LogP contribution in [0, 0.1) is 0 Å².